The number of para-hydroxylation sites is 1. The standard InChI is InChI=1S/C17H16O3/c1-3-12-14-10-11(19-2)8-9-16(14)20-17(12)13-6-4-5-7-15(13)18/h3-10,12,17-18H,1H2,2H3/t12-,17-/m0/s1. The average molecular weight is 268 g/mol. The Hall–Kier alpha value is -2.42. The molecule has 0 radical (unpaired) electrons. The minimum absolute atomic E-state index is 0.00611. The zero-order chi connectivity index (χ0) is 14.1. The van der Waals surface area contributed by atoms with Gasteiger partial charge in [0.2, 0.25) is 0 Å². The SMILES string of the molecule is C=C[C@H]1c2cc(OC)ccc2O[C@@H]1c1ccccc1O. The molecule has 1 aliphatic rings. The number of phenols is 1. The van der Waals surface area contributed by atoms with Crippen LogP contribution in [0.3, 0.4) is 0 Å². The first-order valence-corrected chi connectivity index (χ1v) is 6.49. The molecule has 1 aliphatic heterocycles. The van der Waals surface area contributed by atoms with E-state index in [1.165, 1.54) is 0 Å². The first kappa shape index (κ1) is 12.6. The number of benzene rings is 2. The molecule has 102 valence electrons. The Labute approximate surface area is 118 Å². The van der Waals surface area contributed by atoms with Crippen LogP contribution in [0, 0.1) is 0 Å². The second-order valence-electron chi connectivity index (χ2n) is 4.76. The minimum atomic E-state index is -0.254. The van der Waals surface area contributed by atoms with Crippen LogP contribution in [-0.4, -0.2) is 12.2 Å². The molecule has 0 aromatic heterocycles. The summed E-state index contributed by atoms with van der Waals surface area (Å²) in [6, 6.07) is 13.0. The topological polar surface area (TPSA) is 38.7 Å². The van der Waals surface area contributed by atoms with Gasteiger partial charge in [-0.05, 0) is 24.3 Å². The van der Waals surface area contributed by atoms with Crippen molar-refractivity contribution in [3.05, 3.63) is 66.2 Å². The van der Waals surface area contributed by atoms with Gasteiger partial charge >= 0.3 is 0 Å². The van der Waals surface area contributed by atoms with Crippen LogP contribution < -0.4 is 9.47 Å². The van der Waals surface area contributed by atoms with Crippen LogP contribution in [0.15, 0.2) is 55.1 Å². The molecule has 0 spiro atoms. The van der Waals surface area contributed by atoms with E-state index < -0.39 is 0 Å². The Kier molecular flexibility index (Phi) is 3.11. The van der Waals surface area contributed by atoms with E-state index in [9.17, 15) is 5.11 Å². The lowest BCUT2D eigenvalue weighted by molar-refractivity contribution is 0.220. The van der Waals surface area contributed by atoms with E-state index >= 15 is 0 Å². The van der Waals surface area contributed by atoms with Gasteiger partial charge in [-0.1, -0.05) is 24.3 Å². The van der Waals surface area contributed by atoms with Crippen LogP contribution in [0.5, 0.6) is 17.2 Å². The fourth-order valence-corrected chi connectivity index (χ4v) is 2.63. The predicted molar refractivity (Wildman–Crippen MR) is 77.4 cm³/mol. The highest BCUT2D eigenvalue weighted by atomic mass is 16.5. The van der Waals surface area contributed by atoms with Gasteiger partial charge in [-0.2, -0.15) is 0 Å². The van der Waals surface area contributed by atoms with Crippen molar-refractivity contribution in [2.24, 2.45) is 0 Å². The van der Waals surface area contributed by atoms with Gasteiger partial charge in [0.15, 0.2) is 0 Å². The van der Waals surface area contributed by atoms with Crippen molar-refractivity contribution in [1.82, 2.24) is 0 Å². The summed E-state index contributed by atoms with van der Waals surface area (Å²) in [5, 5.41) is 10.0. The Morgan fingerprint density at radius 2 is 2.00 bits per heavy atom. The summed E-state index contributed by atoms with van der Waals surface area (Å²) in [6.07, 6.45) is 1.60. The second-order valence-corrected chi connectivity index (χ2v) is 4.76. The zero-order valence-corrected chi connectivity index (χ0v) is 11.2. The van der Waals surface area contributed by atoms with Gasteiger partial charge in [0.25, 0.3) is 0 Å². The summed E-state index contributed by atoms with van der Waals surface area (Å²) in [6.45, 7) is 3.90. The molecule has 0 aliphatic carbocycles. The van der Waals surface area contributed by atoms with Gasteiger partial charge in [0.1, 0.15) is 23.4 Å². The third-order valence-electron chi connectivity index (χ3n) is 3.65. The lowest BCUT2D eigenvalue weighted by atomic mass is 9.91. The van der Waals surface area contributed by atoms with Crippen LogP contribution in [0.1, 0.15) is 23.1 Å². The number of hydrogen-bond donors (Lipinski definition) is 1. The number of methoxy groups -OCH3 is 1. The summed E-state index contributed by atoms with van der Waals surface area (Å²) in [7, 11) is 1.64. The highest BCUT2D eigenvalue weighted by molar-refractivity contribution is 5.50. The number of ether oxygens (including phenoxy) is 2. The number of hydrogen-bond acceptors (Lipinski definition) is 3. The second kappa shape index (κ2) is 4.93. The van der Waals surface area contributed by atoms with Crippen LogP contribution in [0.4, 0.5) is 0 Å². The van der Waals surface area contributed by atoms with E-state index in [-0.39, 0.29) is 17.8 Å². The van der Waals surface area contributed by atoms with Crippen molar-refractivity contribution >= 4 is 0 Å². The van der Waals surface area contributed by atoms with Crippen molar-refractivity contribution in [3.8, 4) is 17.2 Å². The first-order valence-electron chi connectivity index (χ1n) is 6.49. The summed E-state index contributed by atoms with van der Waals surface area (Å²) >= 11 is 0. The summed E-state index contributed by atoms with van der Waals surface area (Å²) < 4.78 is 11.2. The molecule has 0 saturated carbocycles. The molecule has 0 fully saturated rings. The molecule has 3 heteroatoms. The summed E-state index contributed by atoms with van der Waals surface area (Å²) in [5.74, 6) is 1.83. The molecule has 0 saturated heterocycles. The minimum Gasteiger partial charge on any atom is -0.508 e. The van der Waals surface area contributed by atoms with E-state index in [4.69, 9.17) is 9.47 Å². The predicted octanol–water partition coefficient (Wildman–Crippen LogP) is 3.80. The quantitative estimate of drug-likeness (QED) is 0.860. The summed E-state index contributed by atoms with van der Waals surface area (Å²) in [4.78, 5) is 0. The number of fused-ring (bicyclic) bond motifs is 1. The molecule has 2 aromatic carbocycles. The Balaban J connectivity index is 2.05. The van der Waals surface area contributed by atoms with Gasteiger partial charge in [-0.15, -0.1) is 6.58 Å². The molecule has 1 N–H and O–H groups in total. The van der Waals surface area contributed by atoms with Crippen molar-refractivity contribution in [2.75, 3.05) is 7.11 Å². The largest absolute Gasteiger partial charge is 0.508 e. The van der Waals surface area contributed by atoms with Gasteiger partial charge < -0.3 is 14.6 Å². The third-order valence-corrected chi connectivity index (χ3v) is 3.65. The monoisotopic (exact) mass is 268 g/mol. The molecule has 0 bridgehead atoms. The molecule has 1 heterocycles. The maximum absolute atomic E-state index is 10.0. The van der Waals surface area contributed by atoms with Gasteiger partial charge in [-0.3, -0.25) is 0 Å². The molecule has 3 nitrogen and oxygen atoms in total. The molecule has 2 atom stereocenters. The maximum atomic E-state index is 10.0. The van der Waals surface area contributed by atoms with E-state index in [1.54, 1.807) is 19.2 Å². The number of phenolic OH excluding ortho intramolecular Hbond substituents is 1. The van der Waals surface area contributed by atoms with E-state index in [1.807, 2.05) is 36.4 Å². The van der Waals surface area contributed by atoms with Crippen LogP contribution in [0.25, 0.3) is 0 Å². The van der Waals surface area contributed by atoms with E-state index in [0.717, 1.165) is 22.6 Å². The van der Waals surface area contributed by atoms with Gasteiger partial charge in [0.05, 0.1) is 7.11 Å². The van der Waals surface area contributed by atoms with Crippen molar-refractivity contribution in [3.63, 3.8) is 0 Å². The van der Waals surface area contributed by atoms with Crippen molar-refractivity contribution in [2.45, 2.75) is 12.0 Å². The van der Waals surface area contributed by atoms with Crippen LogP contribution in [0.2, 0.25) is 0 Å². The van der Waals surface area contributed by atoms with Crippen molar-refractivity contribution in [1.29, 1.82) is 0 Å². The fraction of sp³-hybridized carbons (Fsp3) is 0.176. The number of aromatic hydroxyl groups is 1. The molecule has 0 unspecified atom stereocenters. The highest BCUT2D eigenvalue weighted by Gasteiger charge is 2.35. The molecular formula is C17H16O3. The zero-order valence-electron chi connectivity index (χ0n) is 11.2. The normalized spacial score (nSPS) is 20.1. The molecular weight excluding hydrogens is 252 g/mol. The highest BCUT2D eigenvalue weighted by Crippen LogP contribution is 2.49. The average Bonchev–Trinajstić information content (AvgIpc) is 2.84. The van der Waals surface area contributed by atoms with Crippen LogP contribution >= 0.6 is 0 Å². The maximum Gasteiger partial charge on any atom is 0.138 e. The van der Waals surface area contributed by atoms with Gasteiger partial charge in [-0.25, -0.2) is 0 Å². The Bertz CT molecular complexity index is 648. The van der Waals surface area contributed by atoms with Gasteiger partial charge in [0, 0.05) is 17.0 Å². The molecule has 20 heavy (non-hydrogen) atoms. The lowest BCUT2D eigenvalue weighted by Gasteiger charge is -2.17. The molecule has 0 amide bonds. The van der Waals surface area contributed by atoms with E-state index in [0.29, 0.717) is 0 Å². The third kappa shape index (κ3) is 1.92. The fourth-order valence-electron chi connectivity index (χ4n) is 2.63. The van der Waals surface area contributed by atoms with Crippen LogP contribution in [-0.2, 0) is 0 Å². The lowest BCUT2D eigenvalue weighted by Crippen LogP contribution is -2.08. The van der Waals surface area contributed by atoms with Crippen molar-refractivity contribution < 1.29 is 14.6 Å². The molecule has 2 aromatic rings. The first-order chi connectivity index (χ1) is 9.74. The Morgan fingerprint density at radius 1 is 1.20 bits per heavy atom. The number of rotatable bonds is 3. The molecule has 3 rings (SSSR count). The van der Waals surface area contributed by atoms with E-state index in [2.05, 4.69) is 6.58 Å². The Morgan fingerprint density at radius 3 is 2.70 bits per heavy atom. The smallest absolute Gasteiger partial charge is 0.138 e. The summed E-state index contributed by atoms with van der Waals surface area (Å²) in [5.41, 5.74) is 1.81.